The summed E-state index contributed by atoms with van der Waals surface area (Å²) >= 11 is 0. The van der Waals surface area contributed by atoms with E-state index in [1.54, 1.807) is 11.8 Å². The van der Waals surface area contributed by atoms with Crippen LogP contribution in [0.3, 0.4) is 0 Å². The van der Waals surface area contributed by atoms with Crippen molar-refractivity contribution in [3.63, 3.8) is 0 Å². The minimum absolute atomic E-state index is 0.0131. The lowest BCUT2D eigenvalue weighted by Crippen LogP contribution is -2.40. The molecule has 2 aromatic rings. The smallest absolute Gasteiger partial charge is 0.416 e. The van der Waals surface area contributed by atoms with E-state index >= 15 is 0 Å². The van der Waals surface area contributed by atoms with Gasteiger partial charge in [-0.05, 0) is 31.4 Å². The first kappa shape index (κ1) is 24.4. The Bertz CT molecular complexity index is 1050. The van der Waals surface area contributed by atoms with Crippen LogP contribution in [0.1, 0.15) is 48.8 Å². The Labute approximate surface area is 188 Å². The first-order valence-corrected chi connectivity index (χ1v) is 10.7. The van der Waals surface area contributed by atoms with Crippen LogP contribution in [0.15, 0.2) is 29.1 Å². The van der Waals surface area contributed by atoms with Crippen molar-refractivity contribution in [3.05, 3.63) is 57.3 Å². The molecule has 178 valence electrons. The van der Waals surface area contributed by atoms with Crippen LogP contribution in [-0.2, 0) is 33.3 Å². The number of likely N-dealkylation sites (tertiary alicyclic amines) is 1. The van der Waals surface area contributed by atoms with E-state index in [1.807, 2.05) is 0 Å². The van der Waals surface area contributed by atoms with Crippen molar-refractivity contribution in [3.8, 4) is 0 Å². The van der Waals surface area contributed by atoms with Gasteiger partial charge in [0.25, 0.3) is 5.56 Å². The Balaban J connectivity index is 1.53. The lowest BCUT2D eigenvalue weighted by atomic mass is 9.96. The number of H-pyrrole nitrogens is 1. The summed E-state index contributed by atoms with van der Waals surface area (Å²) in [6.07, 6.45) is -3.25. The zero-order valence-electron chi connectivity index (χ0n) is 18.2. The Hall–Kier alpha value is -3.24. The van der Waals surface area contributed by atoms with E-state index < -0.39 is 17.3 Å². The van der Waals surface area contributed by atoms with Gasteiger partial charge >= 0.3 is 12.1 Å². The average Bonchev–Trinajstić information content (AvgIpc) is 2.78. The minimum Gasteiger partial charge on any atom is -0.466 e. The summed E-state index contributed by atoms with van der Waals surface area (Å²) in [5.41, 5.74) is -0.890. The summed E-state index contributed by atoms with van der Waals surface area (Å²) in [4.78, 5) is 40.8. The van der Waals surface area contributed by atoms with Crippen molar-refractivity contribution in [2.45, 2.75) is 45.2 Å². The topological polar surface area (TPSA) is 105 Å². The fraction of sp³-hybridized carbons (Fsp3) is 0.500. The van der Waals surface area contributed by atoms with E-state index in [9.17, 15) is 27.6 Å². The number of amides is 1. The standard InChI is InChI=1S/C22H25F3N4O4/c1-2-33-21(32)15-8-10-29(11-9-15)19(30)7-6-17-20(31)26-18(28-27-17)13-14-4-3-5-16(12-14)22(23,24)25/h3-5,12,15H,2,6-11,13H2,1H3,(H,26,28,31). The number of hydrogen-bond donors (Lipinski definition) is 1. The molecule has 1 aromatic carbocycles. The van der Waals surface area contributed by atoms with Crippen molar-refractivity contribution in [1.29, 1.82) is 0 Å². The second-order valence-corrected chi connectivity index (χ2v) is 7.83. The first-order valence-electron chi connectivity index (χ1n) is 10.7. The van der Waals surface area contributed by atoms with Gasteiger partial charge in [-0.25, -0.2) is 0 Å². The molecule has 1 N–H and O–H groups in total. The van der Waals surface area contributed by atoms with Gasteiger partial charge in [0, 0.05) is 32.4 Å². The molecule has 11 heteroatoms. The Morgan fingerprint density at radius 2 is 1.94 bits per heavy atom. The molecule has 0 aliphatic carbocycles. The van der Waals surface area contributed by atoms with Gasteiger partial charge in [0.1, 0.15) is 11.5 Å². The maximum Gasteiger partial charge on any atom is 0.416 e. The summed E-state index contributed by atoms with van der Waals surface area (Å²) in [6.45, 7) is 2.96. The van der Waals surface area contributed by atoms with Crippen LogP contribution in [-0.4, -0.2) is 51.7 Å². The van der Waals surface area contributed by atoms with Crippen molar-refractivity contribution >= 4 is 11.9 Å². The van der Waals surface area contributed by atoms with Gasteiger partial charge in [-0.1, -0.05) is 18.2 Å². The Morgan fingerprint density at radius 1 is 1.21 bits per heavy atom. The third-order valence-electron chi connectivity index (χ3n) is 5.48. The number of nitrogens with one attached hydrogen (secondary N) is 1. The normalized spacial score (nSPS) is 14.8. The number of nitrogens with zero attached hydrogens (tertiary/aromatic N) is 3. The highest BCUT2D eigenvalue weighted by molar-refractivity contribution is 5.77. The molecule has 0 atom stereocenters. The molecule has 0 saturated carbocycles. The molecule has 8 nitrogen and oxygen atoms in total. The SMILES string of the molecule is CCOC(=O)C1CCN(C(=O)CCc2nnc(Cc3cccc(C(F)(F)F)c3)[nH]c2=O)CC1. The summed E-state index contributed by atoms with van der Waals surface area (Å²) in [5.74, 6) is -0.453. The molecule has 1 fully saturated rings. The number of ether oxygens (including phenoxy) is 1. The van der Waals surface area contributed by atoms with E-state index in [-0.39, 0.29) is 48.6 Å². The monoisotopic (exact) mass is 466 g/mol. The molecule has 0 radical (unpaired) electrons. The number of halogens is 3. The van der Waals surface area contributed by atoms with Crippen LogP contribution in [0.2, 0.25) is 0 Å². The van der Waals surface area contributed by atoms with Crippen molar-refractivity contribution < 1.29 is 27.5 Å². The number of aromatic amines is 1. The van der Waals surface area contributed by atoms with Crippen molar-refractivity contribution in [2.24, 2.45) is 5.92 Å². The molecule has 33 heavy (non-hydrogen) atoms. The van der Waals surface area contributed by atoms with E-state index in [4.69, 9.17) is 4.74 Å². The predicted octanol–water partition coefficient (Wildman–Crippen LogP) is 2.51. The van der Waals surface area contributed by atoms with Crippen LogP contribution in [0.25, 0.3) is 0 Å². The lowest BCUT2D eigenvalue weighted by Gasteiger charge is -2.30. The zero-order valence-corrected chi connectivity index (χ0v) is 18.2. The minimum atomic E-state index is -4.46. The number of carbonyl (C=O) groups is 2. The largest absolute Gasteiger partial charge is 0.466 e. The summed E-state index contributed by atoms with van der Waals surface area (Å²) in [6, 6.07) is 4.77. The number of aromatic nitrogens is 3. The van der Waals surface area contributed by atoms with Gasteiger partial charge in [-0.15, -0.1) is 10.2 Å². The Morgan fingerprint density at radius 3 is 2.58 bits per heavy atom. The number of alkyl halides is 3. The highest BCUT2D eigenvalue weighted by atomic mass is 19.4. The van der Waals surface area contributed by atoms with Gasteiger partial charge < -0.3 is 14.6 Å². The molecule has 0 spiro atoms. The number of benzene rings is 1. The van der Waals surface area contributed by atoms with Gasteiger partial charge in [0.05, 0.1) is 18.1 Å². The quantitative estimate of drug-likeness (QED) is 0.629. The van der Waals surface area contributed by atoms with Gasteiger partial charge in [0.2, 0.25) is 5.91 Å². The average molecular weight is 466 g/mol. The van der Waals surface area contributed by atoms with Crippen LogP contribution in [0.4, 0.5) is 13.2 Å². The first-order chi connectivity index (χ1) is 15.7. The van der Waals surface area contributed by atoms with Crippen LogP contribution < -0.4 is 5.56 Å². The number of esters is 1. The fourth-order valence-electron chi connectivity index (χ4n) is 3.70. The third-order valence-corrected chi connectivity index (χ3v) is 5.48. The van der Waals surface area contributed by atoms with Gasteiger partial charge in [-0.3, -0.25) is 14.4 Å². The van der Waals surface area contributed by atoms with Crippen molar-refractivity contribution in [1.82, 2.24) is 20.1 Å². The summed E-state index contributed by atoms with van der Waals surface area (Å²) < 4.78 is 43.6. The molecule has 0 bridgehead atoms. The molecular formula is C22H25F3N4O4. The molecule has 1 amide bonds. The van der Waals surface area contributed by atoms with E-state index in [0.29, 0.717) is 38.1 Å². The predicted molar refractivity (Wildman–Crippen MR) is 111 cm³/mol. The Kier molecular flexibility index (Phi) is 7.83. The third kappa shape index (κ3) is 6.62. The molecule has 2 heterocycles. The number of aryl methyl sites for hydroxylation is 1. The van der Waals surface area contributed by atoms with Crippen LogP contribution >= 0.6 is 0 Å². The lowest BCUT2D eigenvalue weighted by molar-refractivity contribution is -0.151. The van der Waals surface area contributed by atoms with Crippen molar-refractivity contribution in [2.75, 3.05) is 19.7 Å². The molecule has 1 saturated heterocycles. The molecule has 0 unspecified atom stereocenters. The van der Waals surface area contributed by atoms with Crippen LogP contribution in [0.5, 0.6) is 0 Å². The zero-order chi connectivity index (χ0) is 24.0. The maximum atomic E-state index is 12.9. The van der Waals surface area contributed by atoms with Gasteiger partial charge in [0.15, 0.2) is 0 Å². The highest BCUT2D eigenvalue weighted by Gasteiger charge is 2.30. The van der Waals surface area contributed by atoms with E-state index in [2.05, 4.69) is 15.2 Å². The van der Waals surface area contributed by atoms with Crippen LogP contribution in [0, 0.1) is 5.92 Å². The second-order valence-electron chi connectivity index (χ2n) is 7.83. The number of piperidine rings is 1. The summed E-state index contributed by atoms with van der Waals surface area (Å²) in [5, 5.41) is 7.77. The molecule has 1 aliphatic rings. The second kappa shape index (κ2) is 10.6. The number of rotatable bonds is 7. The number of hydrogen-bond acceptors (Lipinski definition) is 6. The molecular weight excluding hydrogens is 441 g/mol. The molecule has 3 rings (SSSR count). The van der Waals surface area contributed by atoms with Gasteiger partial charge in [-0.2, -0.15) is 13.2 Å². The number of carbonyl (C=O) groups excluding carboxylic acids is 2. The van der Waals surface area contributed by atoms with E-state index in [1.165, 1.54) is 12.1 Å². The fourth-order valence-corrected chi connectivity index (χ4v) is 3.70. The molecule has 1 aliphatic heterocycles. The summed E-state index contributed by atoms with van der Waals surface area (Å²) in [7, 11) is 0. The highest BCUT2D eigenvalue weighted by Crippen LogP contribution is 2.29. The maximum absolute atomic E-state index is 12.9. The van der Waals surface area contributed by atoms with E-state index in [0.717, 1.165) is 12.1 Å². The molecule has 1 aromatic heterocycles.